The topological polar surface area (TPSA) is 79.0 Å². The molecule has 1 N–H and O–H groups in total. The Morgan fingerprint density at radius 1 is 1.03 bits per heavy atom. The van der Waals surface area contributed by atoms with Gasteiger partial charge in [0, 0.05) is 42.8 Å². The van der Waals surface area contributed by atoms with E-state index in [0.717, 1.165) is 43.0 Å². The molecule has 0 radical (unpaired) electrons. The van der Waals surface area contributed by atoms with Crippen molar-refractivity contribution in [1.82, 2.24) is 15.1 Å². The number of piperidine rings is 2. The minimum atomic E-state index is -0.612. The third kappa shape index (κ3) is 4.62. The van der Waals surface area contributed by atoms with Crippen molar-refractivity contribution in [1.29, 1.82) is 0 Å². The number of hydrogen-bond acceptors (Lipinski definition) is 5. The van der Waals surface area contributed by atoms with E-state index in [0.29, 0.717) is 35.6 Å². The fourth-order valence-electron chi connectivity index (χ4n) is 6.28. The normalized spacial score (nSPS) is 28.8. The summed E-state index contributed by atoms with van der Waals surface area (Å²) in [6.07, 6.45) is 8.06. The van der Waals surface area contributed by atoms with Crippen LogP contribution in [0, 0.1) is 5.92 Å². The molecule has 8 heteroatoms. The van der Waals surface area contributed by atoms with Gasteiger partial charge < -0.3 is 14.5 Å². The van der Waals surface area contributed by atoms with E-state index < -0.39 is 11.9 Å². The van der Waals surface area contributed by atoms with Crippen molar-refractivity contribution in [2.24, 2.45) is 5.92 Å². The molecule has 4 aliphatic rings. The van der Waals surface area contributed by atoms with E-state index in [-0.39, 0.29) is 18.2 Å². The molecular weight excluding hydrogens is 454 g/mol. The van der Waals surface area contributed by atoms with Crippen molar-refractivity contribution < 1.29 is 19.1 Å². The van der Waals surface area contributed by atoms with Gasteiger partial charge in [-0.1, -0.05) is 17.7 Å². The first-order valence-electron chi connectivity index (χ1n) is 12.7. The molecule has 1 aromatic rings. The zero-order chi connectivity index (χ0) is 23.8. The summed E-state index contributed by atoms with van der Waals surface area (Å²) >= 11 is 6.88. The number of carbonyl (C=O) groups is 3. The third-order valence-electron chi connectivity index (χ3n) is 8.35. The molecule has 0 aromatic heterocycles. The van der Waals surface area contributed by atoms with Gasteiger partial charge in [0.25, 0.3) is 5.91 Å². The molecule has 1 atom stereocenters. The first-order chi connectivity index (χ1) is 16.4. The monoisotopic (exact) mass is 487 g/mol. The van der Waals surface area contributed by atoms with Crippen LogP contribution in [0.4, 0.5) is 0 Å². The van der Waals surface area contributed by atoms with Crippen LogP contribution in [0.2, 0.25) is 5.02 Å². The van der Waals surface area contributed by atoms with Gasteiger partial charge in [-0.2, -0.15) is 0 Å². The summed E-state index contributed by atoms with van der Waals surface area (Å²) < 4.78 is 5.51. The minimum Gasteiger partial charge on any atom is -0.381 e. The van der Waals surface area contributed by atoms with Crippen LogP contribution in [0.3, 0.4) is 0 Å². The quantitative estimate of drug-likeness (QED) is 0.643. The summed E-state index contributed by atoms with van der Waals surface area (Å²) in [5, 5.41) is 3.03. The molecular formula is C26H34ClN3O4. The second-order valence-corrected chi connectivity index (χ2v) is 10.7. The number of fused-ring (bicyclic) bond motifs is 1. The van der Waals surface area contributed by atoms with Crippen LogP contribution in [-0.4, -0.2) is 66.4 Å². The second kappa shape index (κ2) is 9.96. The molecule has 1 aromatic carbocycles. The molecule has 34 heavy (non-hydrogen) atoms. The Labute approximate surface area is 206 Å². The maximum Gasteiger partial charge on any atom is 0.255 e. The number of hydrogen-bond donors (Lipinski definition) is 1. The predicted molar refractivity (Wildman–Crippen MR) is 129 cm³/mol. The number of rotatable bonds is 5. The van der Waals surface area contributed by atoms with Gasteiger partial charge in [-0.05, 0) is 81.5 Å². The number of carbonyl (C=O) groups excluding carboxylic acids is 3. The average molecular weight is 488 g/mol. The standard InChI is InChI=1S/C26H34ClN3O4/c1-34-18-4-2-16(3-5-18)14-29-12-10-17(11-13-29)19-6-7-20-21(24(19)27)15-30(26(20)33)22-8-9-23(31)28-25(22)32/h6-7,16-18,22H,2-5,8-15H2,1H3,(H,28,31,32)/t16-,18-,22?. The number of amides is 3. The number of nitrogens with zero attached hydrogens (tertiary/aromatic N) is 2. The number of methoxy groups -OCH3 is 1. The average Bonchev–Trinajstić information content (AvgIpc) is 3.17. The fourth-order valence-corrected chi connectivity index (χ4v) is 6.66. The highest BCUT2D eigenvalue weighted by atomic mass is 35.5. The zero-order valence-electron chi connectivity index (χ0n) is 19.9. The predicted octanol–water partition coefficient (Wildman–Crippen LogP) is 3.49. The molecule has 7 nitrogen and oxygen atoms in total. The fraction of sp³-hybridized carbons (Fsp3) is 0.654. The molecule has 3 aliphatic heterocycles. The number of likely N-dealkylation sites (tertiary alicyclic amines) is 1. The van der Waals surface area contributed by atoms with Crippen LogP contribution in [0.15, 0.2) is 12.1 Å². The van der Waals surface area contributed by atoms with Crippen LogP contribution in [0.25, 0.3) is 0 Å². The molecule has 3 fully saturated rings. The van der Waals surface area contributed by atoms with E-state index in [9.17, 15) is 14.4 Å². The Morgan fingerprint density at radius 3 is 2.44 bits per heavy atom. The first kappa shape index (κ1) is 23.8. The van der Waals surface area contributed by atoms with Crippen molar-refractivity contribution in [2.45, 2.75) is 76.0 Å². The van der Waals surface area contributed by atoms with Gasteiger partial charge in [-0.15, -0.1) is 0 Å². The summed E-state index contributed by atoms with van der Waals surface area (Å²) in [7, 11) is 1.82. The molecule has 1 saturated carbocycles. The number of ether oxygens (including phenoxy) is 1. The zero-order valence-corrected chi connectivity index (χ0v) is 20.6. The summed E-state index contributed by atoms with van der Waals surface area (Å²) in [6, 6.07) is 3.28. The van der Waals surface area contributed by atoms with Crippen LogP contribution < -0.4 is 5.32 Å². The highest BCUT2D eigenvalue weighted by Crippen LogP contribution is 2.40. The first-order valence-corrected chi connectivity index (χ1v) is 13.0. The van der Waals surface area contributed by atoms with Crippen molar-refractivity contribution in [3.63, 3.8) is 0 Å². The number of benzene rings is 1. The van der Waals surface area contributed by atoms with Crippen LogP contribution in [0.1, 0.15) is 78.8 Å². The molecule has 3 amide bonds. The SMILES string of the molecule is CO[C@H]1CC[C@H](CN2CCC(c3ccc4c(c3Cl)CN(C3CCC(=O)NC3=O)C4=O)CC2)CC1. The highest BCUT2D eigenvalue weighted by molar-refractivity contribution is 6.33. The molecule has 2 saturated heterocycles. The maximum absolute atomic E-state index is 13.0. The van der Waals surface area contributed by atoms with Crippen molar-refractivity contribution in [3.05, 3.63) is 33.8 Å². The number of nitrogens with one attached hydrogen (secondary N) is 1. The van der Waals surface area contributed by atoms with Crippen LogP contribution in [-0.2, 0) is 20.9 Å². The lowest BCUT2D eigenvalue weighted by atomic mass is 9.85. The minimum absolute atomic E-state index is 0.170. The maximum atomic E-state index is 13.0. The van der Waals surface area contributed by atoms with Gasteiger partial charge in [0.1, 0.15) is 6.04 Å². The second-order valence-electron chi connectivity index (χ2n) is 10.3. The number of halogens is 1. The Bertz CT molecular complexity index is 967. The van der Waals surface area contributed by atoms with E-state index in [2.05, 4.69) is 10.2 Å². The van der Waals surface area contributed by atoms with E-state index in [4.69, 9.17) is 16.3 Å². The molecule has 1 unspecified atom stereocenters. The Hall–Kier alpha value is -1.96. The summed E-state index contributed by atoms with van der Waals surface area (Å²) in [5.41, 5.74) is 2.53. The van der Waals surface area contributed by atoms with Gasteiger partial charge in [0.05, 0.1) is 6.10 Å². The van der Waals surface area contributed by atoms with Crippen molar-refractivity contribution >= 4 is 29.3 Å². The van der Waals surface area contributed by atoms with Gasteiger partial charge >= 0.3 is 0 Å². The molecule has 0 bridgehead atoms. The molecule has 5 rings (SSSR count). The molecule has 3 heterocycles. The van der Waals surface area contributed by atoms with Crippen LogP contribution in [0.5, 0.6) is 0 Å². The molecule has 0 spiro atoms. The van der Waals surface area contributed by atoms with Gasteiger partial charge in [0.2, 0.25) is 11.8 Å². The van der Waals surface area contributed by atoms with E-state index in [1.54, 1.807) is 4.90 Å². The van der Waals surface area contributed by atoms with Gasteiger partial charge in [0.15, 0.2) is 0 Å². The number of imide groups is 1. The smallest absolute Gasteiger partial charge is 0.255 e. The molecule has 1 aliphatic carbocycles. The summed E-state index contributed by atoms with van der Waals surface area (Å²) in [4.78, 5) is 41.0. The summed E-state index contributed by atoms with van der Waals surface area (Å²) in [6.45, 7) is 3.65. The lowest BCUT2D eigenvalue weighted by Gasteiger charge is -2.36. The van der Waals surface area contributed by atoms with Gasteiger partial charge in [-0.3, -0.25) is 19.7 Å². The summed E-state index contributed by atoms with van der Waals surface area (Å²) in [5.74, 6) is 0.321. The van der Waals surface area contributed by atoms with Crippen LogP contribution >= 0.6 is 11.6 Å². The van der Waals surface area contributed by atoms with E-state index >= 15 is 0 Å². The van der Waals surface area contributed by atoms with E-state index in [1.807, 2.05) is 19.2 Å². The largest absolute Gasteiger partial charge is 0.381 e. The Kier molecular flexibility index (Phi) is 6.96. The lowest BCUT2D eigenvalue weighted by Crippen LogP contribution is -2.52. The highest BCUT2D eigenvalue weighted by Gasteiger charge is 2.40. The molecule has 184 valence electrons. The Balaban J connectivity index is 1.21. The lowest BCUT2D eigenvalue weighted by molar-refractivity contribution is -0.136. The van der Waals surface area contributed by atoms with Crippen molar-refractivity contribution in [3.8, 4) is 0 Å². The van der Waals surface area contributed by atoms with Crippen molar-refractivity contribution in [2.75, 3.05) is 26.7 Å². The van der Waals surface area contributed by atoms with Gasteiger partial charge in [-0.25, -0.2) is 0 Å². The Morgan fingerprint density at radius 2 is 1.76 bits per heavy atom. The van der Waals surface area contributed by atoms with E-state index in [1.165, 1.54) is 32.2 Å². The third-order valence-corrected chi connectivity index (χ3v) is 8.80.